The normalized spacial score (nSPS) is 10.4. The highest BCUT2D eigenvalue weighted by Crippen LogP contribution is 2.25. The summed E-state index contributed by atoms with van der Waals surface area (Å²) in [7, 11) is 1.51. The van der Waals surface area contributed by atoms with E-state index in [0.717, 1.165) is 5.01 Å². The van der Waals surface area contributed by atoms with Crippen molar-refractivity contribution in [2.45, 2.75) is 6.54 Å². The zero-order chi connectivity index (χ0) is 13.1. The molecule has 1 heterocycles. The van der Waals surface area contributed by atoms with Crippen molar-refractivity contribution in [1.82, 2.24) is 4.98 Å². The van der Waals surface area contributed by atoms with E-state index in [0.29, 0.717) is 28.6 Å². The molecule has 6 heteroatoms. The number of aromatic nitrogens is 1. The Morgan fingerprint density at radius 3 is 2.94 bits per heavy atom. The first-order chi connectivity index (χ1) is 8.65. The third kappa shape index (κ3) is 2.53. The lowest BCUT2D eigenvalue weighted by Crippen LogP contribution is -2.05. The number of hydrogen-bond donors (Lipinski definition) is 1. The predicted molar refractivity (Wildman–Crippen MR) is 71.4 cm³/mol. The van der Waals surface area contributed by atoms with Crippen LogP contribution in [0.5, 0.6) is 5.75 Å². The maximum Gasteiger partial charge on any atom is 0.215 e. The van der Waals surface area contributed by atoms with Gasteiger partial charge in [0.2, 0.25) is 5.78 Å². The molecule has 94 valence electrons. The standard InChI is InChI=1S/C12H11ClN2O2S/c1-17-10-3-2-7(13)4-8(10)12(16)9-6-18-11(5-14)15-9/h2-4,6H,5,14H2,1H3. The molecule has 2 N–H and O–H groups in total. The van der Waals surface area contributed by atoms with E-state index in [1.54, 1.807) is 23.6 Å². The monoisotopic (exact) mass is 282 g/mol. The third-order valence-electron chi connectivity index (χ3n) is 2.37. The van der Waals surface area contributed by atoms with Crippen LogP contribution in [0.4, 0.5) is 0 Å². The van der Waals surface area contributed by atoms with Crippen LogP contribution in [0.3, 0.4) is 0 Å². The summed E-state index contributed by atoms with van der Waals surface area (Å²) in [6.45, 7) is 0.324. The van der Waals surface area contributed by atoms with Gasteiger partial charge in [-0.25, -0.2) is 4.98 Å². The van der Waals surface area contributed by atoms with Gasteiger partial charge >= 0.3 is 0 Å². The smallest absolute Gasteiger partial charge is 0.215 e. The van der Waals surface area contributed by atoms with E-state index in [9.17, 15) is 4.79 Å². The fraction of sp³-hybridized carbons (Fsp3) is 0.167. The fourth-order valence-corrected chi connectivity index (χ4v) is 2.33. The second kappa shape index (κ2) is 5.48. The molecule has 0 fully saturated rings. The Bertz CT molecular complexity index is 583. The Morgan fingerprint density at radius 1 is 1.56 bits per heavy atom. The minimum atomic E-state index is -0.217. The van der Waals surface area contributed by atoms with E-state index >= 15 is 0 Å². The summed E-state index contributed by atoms with van der Waals surface area (Å²) in [6, 6.07) is 4.90. The van der Waals surface area contributed by atoms with Crippen LogP contribution in [0.25, 0.3) is 0 Å². The summed E-state index contributed by atoms with van der Waals surface area (Å²) in [5.74, 6) is 0.261. The van der Waals surface area contributed by atoms with E-state index in [1.165, 1.54) is 18.4 Å². The van der Waals surface area contributed by atoms with Crippen LogP contribution >= 0.6 is 22.9 Å². The van der Waals surface area contributed by atoms with Crippen molar-refractivity contribution in [1.29, 1.82) is 0 Å². The van der Waals surface area contributed by atoms with Crippen LogP contribution in [0.2, 0.25) is 5.02 Å². The molecule has 0 saturated carbocycles. The van der Waals surface area contributed by atoms with Crippen molar-refractivity contribution < 1.29 is 9.53 Å². The molecular formula is C12H11ClN2O2S. The van der Waals surface area contributed by atoms with E-state index < -0.39 is 0 Å². The van der Waals surface area contributed by atoms with Gasteiger partial charge < -0.3 is 10.5 Å². The topological polar surface area (TPSA) is 65.2 Å². The number of rotatable bonds is 4. The van der Waals surface area contributed by atoms with E-state index in [2.05, 4.69) is 4.98 Å². The molecule has 2 aromatic rings. The highest BCUT2D eigenvalue weighted by Gasteiger charge is 2.17. The average molecular weight is 283 g/mol. The molecule has 4 nitrogen and oxygen atoms in total. The van der Waals surface area contributed by atoms with Gasteiger partial charge in [0.25, 0.3) is 0 Å². The first-order valence-electron chi connectivity index (χ1n) is 5.18. The van der Waals surface area contributed by atoms with Gasteiger partial charge in [-0.3, -0.25) is 4.79 Å². The van der Waals surface area contributed by atoms with Gasteiger partial charge in [-0.05, 0) is 18.2 Å². The number of benzene rings is 1. The van der Waals surface area contributed by atoms with Crippen LogP contribution in [0, 0.1) is 0 Å². The molecule has 0 radical (unpaired) electrons. The number of ketones is 1. The van der Waals surface area contributed by atoms with Gasteiger partial charge in [0.1, 0.15) is 16.5 Å². The fourth-order valence-electron chi connectivity index (χ4n) is 1.50. The molecule has 1 aromatic heterocycles. The molecule has 0 spiro atoms. The minimum Gasteiger partial charge on any atom is -0.496 e. The van der Waals surface area contributed by atoms with Crippen LogP contribution < -0.4 is 10.5 Å². The highest BCUT2D eigenvalue weighted by molar-refractivity contribution is 7.09. The Labute approximate surface area is 113 Å². The van der Waals surface area contributed by atoms with Gasteiger partial charge in [0.15, 0.2) is 0 Å². The summed E-state index contributed by atoms with van der Waals surface area (Å²) < 4.78 is 5.15. The minimum absolute atomic E-state index is 0.217. The molecule has 0 aliphatic rings. The van der Waals surface area contributed by atoms with Crippen molar-refractivity contribution in [3.05, 3.63) is 44.9 Å². The zero-order valence-corrected chi connectivity index (χ0v) is 11.2. The van der Waals surface area contributed by atoms with Gasteiger partial charge in [-0.15, -0.1) is 11.3 Å². The molecule has 0 bridgehead atoms. The van der Waals surface area contributed by atoms with Gasteiger partial charge in [0.05, 0.1) is 12.7 Å². The number of ether oxygens (including phenoxy) is 1. The molecule has 0 saturated heterocycles. The van der Waals surface area contributed by atoms with E-state index in [4.69, 9.17) is 22.1 Å². The summed E-state index contributed by atoms with van der Waals surface area (Å²) in [5.41, 5.74) is 6.24. The lowest BCUT2D eigenvalue weighted by Gasteiger charge is -2.06. The Hall–Kier alpha value is -1.43. The lowest BCUT2D eigenvalue weighted by atomic mass is 10.1. The summed E-state index contributed by atoms with van der Waals surface area (Å²) in [6.07, 6.45) is 0. The first-order valence-corrected chi connectivity index (χ1v) is 6.44. The molecule has 0 unspecified atom stereocenters. The number of nitrogens with two attached hydrogens (primary N) is 1. The zero-order valence-electron chi connectivity index (χ0n) is 9.64. The molecule has 0 amide bonds. The molecule has 0 atom stereocenters. The third-order valence-corrected chi connectivity index (χ3v) is 3.47. The van der Waals surface area contributed by atoms with Crippen molar-refractivity contribution in [2.24, 2.45) is 5.73 Å². The van der Waals surface area contributed by atoms with Crippen molar-refractivity contribution in [3.63, 3.8) is 0 Å². The van der Waals surface area contributed by atoms with Crippen molar-refractivity contribution >= 4 is 28.7 Å². The van der Waals surface area contributed by atoms with Crippen LogP contribution in [0.1, 0.15) is 21.1 Å². The lowest BCUT2D eigenvalue weighted by molar-refractivity contribution is 0.103. The van der Waals surface area contributed by atoms with E-state index in [1.807, 2.05) is 0 Å². The SMILES string of the molecule is COc1ccc(Cl)cc1C(=O)c1csc(CN)n1. The predicted octanol–water partition coefficient (Wildman–Crippen LogP) is 2.49. The van der Waals surface area contributed by atoms with Gasteiger partial charge in [-0.1, -0.05) is 11.6 Å². The number of methoxy groups -OCH3 is 1. The summed E-state index contributed by atoms with van der Waals surface area (Å²) in [5, 5.41) is 2.89. The van der Waals surface area contributed by atoms with Crippen LogP contribution in [-0.4, -0.2) is 17.9 Å². The molecular weight excluding hydrogens is 272 g/mol. The number of carbonyl (C=O) groups is 1. The first kappa shape index (κ1) is 13.0. The highest BCUT2D eigenvalue weighted by atomic mass is 35.5. The Balaban J connectivity index is 2.41. The van der Waals surface area contributed by atoms with Gasteiger partial charge in [-0.2, -0.15) is 0 Å². The number of nitrogens with zero attached hydrogens (tertiary/aromatic N) is 1. The summed E-state index contributed by atoms with van der Waals surface area (Å²) in [4.78, 5) is 16.4. The maximum absolute atomic E-state index is 12.3. The molecule has 0 aliphatic carbocycles. The van der Waals surface area contributed by atoms with Crippen LogP contribution in [0.15, 0.2) is 23.6 Å². The largest absolute Gasteiger partial charge is 0.496 e. The quantitative estimate of drug-likeness (QED) is 0.875. The second-order valence-electron chi connectivity index (χ2n) is 3.50. The second-order valence-corrected chi connectivity index (χ2v) is 4.88. The number of thiazole rings is 1. The average Bonchev–Trinajstić information content (AvgIpc) is 2.86. The van der Waals surface area contributed by atoms with Gasteiger partial charge in [0, 0.05) is 16.9 Å². The number of carbonyl (C=O) groups excluding carboxylic acids is 1. The van der Waals surface area contributed by atoms with Crippen molar-refractivity contribution in [3.8, 4) is 5.75 Å². The van der Waals surface area contributed by atoms with Crippen molar-refractivity contribution in [2.75, 3.05) is 7.11 Å². The molecule has 2 rings (SSSR count). The Morgan fingerprint density at radius 2 is 2.33 bits per heavy atom. The number of hydrogen-bond acceptors (Lipinski definition) is 5. The molecule has 18 heavy (non-hydrogen) atoms. The molecule has 1 aromatic carbocycles. The molecule has 0 aliphatic heterocycles. The summed E-state index contributed by atoms with van der Waals surface area (Å²) >= 11 is 7.25. The van der Waals surface area contributed by atoms with E-state index in [-0.39, 0.29) is 5.78 Å². The maximum atomic E-state index is 12.3. The Kier molecular flexibility index (Phi) is 3.96. The van der Waals surface area contributed by atoms with Crippen LogP contribution in [-0.2, 0) is 6.54 Å². The number of halogens is 1.